The summed E-state index contributed by atoms with van der Waals surface area (Å²) in [6.07, 6.45) is 4.72. The van der Waals surface area contributed by atoms with Crippen molar-refractivity contribution in [1.29, 1.82) is 0 Å². The number of nitrogens with zero attached hydrogens (tertiary/aromatic N) is 2. The van der Waals surface area contributed by atoms with E-state index in [0.717, 1.165) is 31.5 Å². The highest BCUT2D eigenvalue weighted by molar-refractivity contribution is 5.83. The first-order valence-corrected chi connectivity index (χ1v) is 6.83. The number of piperidine rings is 1. The molecule has 1 aromatic heterocycles. The number of pyridine rings is 1. The van der Waals surface area contributed by atoms with Crippen molar-refractivity contribution in [2.75, 3.05) is 11.4 Å². The highest BCUT2D eigenvalue weighted by Crippen LogP contribution is 2.25. The van der Waals surface area contributed by atoms with Crippen LogP contribution in [0, 0.1) is 0 Å². The molecule has 5 heteroatoms. The number of carbonyl (C=O) groups is 1. The molecule has 1 amide bonds. The van der Waals surface area contributed by atoms with E-state index in [4.69, 9.17) is 5.73 Å². The predicted octanol–water partition coefficient (Wildman–Crippen LogP) is 1.37. The molecule has 0 saturated carbocycles. The van der Waals surface area contributed by atoms with Gasteiger partial charge in [0.05, 0.1) is 23.7 Å². The van der Waals surface area contributed by atoms with Crippen molar-refractivity contribution in [3.8, 4) is 0 Å². The van der Waals surface area contributed by atoms with E-state index < -0.39 is 6.10 Å². The van der Waals surface area contributed by atoms with Gasteiger partial charge in [0.25, 0.3) is 0 Å². The summed E-state index contributed by atoms with van der Waals surface area (Å²) >= 11 is 0. The SMILES string of the molecule is CC[C@@H](O)c1ccc(N2CCCCC2C(N)=O)cn1. The number of nitrogens with two attached hydrogens (primary N) is 1. The number of rotatable bonds is 4. The Hall–Kier alpha value is -1.62. The number of hydrogen-bond acceptors (Lipinski definition) is 4. The van der Waals surface area contributed by atoms with Gasteiger partial charge in [0, 0.05) is 6.54 Å². The first-order chi connectivity index (χ1) is 9.13. The molecule has 1 unspecified atom stereocenters. The van der Waals surface area contributed by atoms with Crippen LogP contribution in [0.3, 0.4) is 0 Å². The van der Waals surface area contributed by atoms with Gasteiger partial charge in [-0.1, -0.05) is 6.92 Å². The Bertz CT molecular complexity index is 433. The molecule has 1 aliphatic rings. The van der Waals surface area contributed by atoms with Gasteiger partial charge in [0.2, 0.25) is 5.91 Å². The first kappa shape index (κ1) is 13.8. The Balaban J connectivity index is 2.18. The van der Waals surface area contributed by atoms with E-state index in [2.05, 4.69) is 4.98 Å². The smallest absolute Gasteiger partial charge is 0.240 e. The highest BCUT2D eigenvalue weighted by Gasteiger charge is 2.27. The zero-order valence-electron chi connectivity index (χ0n) is 11.2. The van der Waals surface area contributed by atoms with Gasteiger partial charge in [0.15, 0.2) is 0 Å². The molecule has 1 aromatic rings. The van der Waals surface area contributed by atoms with E-state index in [9.17, 15) is 9.90 Å². The summed E-state index contributed by atoms with van der Waals surface area (Å²) < 4.78 is 0. The van der Waals surface area contributed by atoms with Crippen molar-refractivity contribution in [1.82, 2.24) is 4.98 Å². The van der Waals surface area contributed by atoms with Crippen LogP contribution in [0.2, 0.25) is 0 Å². The van der Waals surface area contributed by atoms with Gasteiger partial charge in [-0.15, -0.1) is 0 Å². The van der Waals surface area contributed by atoms with Crippen LogP contribution in [-0.4, -0.2) is 28.6 Å². The maximum absolute atomic E-state index is 11.5. The molecule has 0 spiro atoms. The average molecular weight is 263 g/mol. The van der Waals surface area contributed by atoms with Gasteiger partial charge in [-0.2, -0.15) is 0 Å². The molecule has 0 radical (unpaired) electrons. The molecular formula is C14H21N3O2. The third kappa shape index (κ3) is 3.04. The quantitative estimate of drug-likeness (QED) is 0.860. The fourth-order valence-electron chi connectivity index (χ4n) is 2.51. The van der Waals surface area contributed by atoms with Crippen LogP contribution in [-0.2, 0) is 4.79 Å². The fourth-order valence-corrected chi connectivity index (χ4v) is 2.51. The zero-order chi connectivity index (χ0) is 13.8. The average Bonchev–Trinajstić information content (AvgIpc) is 2.46. The molecule has 0 aromatic carbocycles. The second-order valence-electron chi connectivity index (χ2n) is 4.97. The third-order valence-corrected chi connectivity index (χ3v) is 3.66. The van der Waals surface area contributed by atoms with Gasteiger partial charge < -0.3 is 15.7 Å². The van der Waals surface area contributed by atoms with Gasteiger partial charge >= 0.3 is 0 Å². The molecule has 0 aliphatic carbocycles. The Labute approximate surface area is 113 Å². The number of primary amides is 1. The Morgan fingerprint density at radius 1 is 1.58 bits per heavy atom. The maximum Gasteiger partial charge on any atom is 0.240 e. The van der Waals surface area contributed by atoms with Crippen LogP contribution in [0.1, 0.15) is 44.4 Å². The lowest BCUT2D eigenvalue weighted by Crippen LogP contribution is -2.47. The van der Waals surface area contributed by atoms with E-state index in [1.165, 1.54) is 0 Å². The summed E-state index contributed by atoms with van der Waals surface area (Å²) in [6.45, 7) is 2.74. The van der Waals surface area contributed by atoms with Crippen LogP contribution < -0.4 is 10.6 Å². The van der Waals surface area contributed by atoms with Crippen molar-refractivity contribution >= 4 is 11.6 Å². The maximum atomic E-state index is 11.5. The Morgan fingerprint density at radius 3 is 2.95 bits per heavy atom. The number of aliphatic hydroxyl groups excluding tert-OH is 1. The molecule has 3 N–H and O–H groups in total. The number of anilines is 1. The van der Waals surface area contributed by atoms with Gasteiger partial charge in [0.1, 0.15) is 6.04 Å². The predicted molar refractivity (Wildman–Crippen MR) is 73.7 cm³/mol. The first-order valence-electron chi connectivity index (χ1n) is 6.83. The summed E-state index contributed by atoms with van der Waals surface area (Å²) in [5, 5.41) is 9.72. The second-order valence-corrected chi connectivity index (χ2v) is 4.97. The molecule has 0 bridgehead atoms. The molecule has 1 saturated heterocycles. The largest absolute Gasteiger partial charge is 0.387 e. The zero-order valence-corrected chi connectivity index (χ0v) is 11.2. The monoisotopic (exact) mass is 263 g/mol. The van der Waals surface area contributed by atoms with Crippen LogP contribution in [0.25, 0.3) is 0 Å². The second kappa shape index (κ2) is 6.02. The number of carbonyl (C=O) groups excluding carboxylic acids is 1. The van der Waals surface area contributed by atoms with E-state index >= 15 is 0 Å². The fraction of sp³-hybridized carbons (Fsp3) is 0.571. The lowest BCUT2D eigenvalue weighted by molar-refractivity contribution is -0.119. The summed E-state index contributed by atoms with van der Waals surface area (Å²) in [7, 11) is 0. The van der Waals surface area contributed by atoms with Crippen LogP contribution in [0.15, 0.2) is 18.3 Å². The van der Waals surface area contributed by atoms with Gasteiger partial charge in [-0.25, -0.2) is 0 Å². The van der Waals surface area contributed by atoms with Gasteiger partial charge in [-0.3, -0.25) is 9.78 Å². The van der Waals surface area contributed by atoms with Crippen molar-refractivity contribution in [3.05, 3.63) is 24.0 Å². The van der Waals surface area contributed by atoms with Crippen LogP contribution in [0.4, 0.5) is 5.69 Å². The lowest BCUT2D eigenvalue weighted by atomic mass is 10.0. The molecule has 2 heterocycles. The number of aliphatic hydroxyl groups is 1. The van der Waals surface area contributed by atoms with Crippen molar-refractivity contribution in [3.63, 3.8) is 0 Å². The molecule has 19 heavy (non-hydrogen) atoms. The molecule has 104 valence electrons. The number of aromatic nitrogens is 1. The van der Waals surface area contributed by atoms with Gasteiger partial charge in [-0.05, 0) is 37.8 Å². The van der Waals surface area contributed by atoms with E-state index in [-0.39, 0.29) is 11.9 Å². The minimum Gasteiger partial charge on any atom is -0.387 e. The van der Waals surface area contributed by atoms with Crippen LogP contribution in [0.5, 0.6) is 0 Å². The molecule has 5 nitrogen and oxygen atoms in total. The van der Waals surface area contributed by atoms with E-state index in [1.54, 1.807) is 6.20 Å². The van der Waals surface area contributed by atoms with E-state index in [0.29, 0.717) is 12.1 Å². The Kier molecular flexibility index (Phi) is 4.37. The normalized spacial score (nSPS) is 21.2. The molecular weight excluding hydrogens is 242 g/mol. The molecule has 2 rings (SSSR count). The lowest BCUT2D eigenvalue weighted by Gasteiger charge is -2.35. The third-order valence-electron chi connectivity index (χ3n) is 3.66. The van der Waals surface area contributed by atoms with Crippen LogP contribution >= 0.6 is 0 Å². The number of amides is 1. The summed E-state index contributed by atoms with van der Waals surface area (Å²) in [4.78, 5) is 17.8. The molecule has 2 atom stereocenters. The summed E-state index contributed by atoms with van der Waals surface area (Å²) in [5.74, 6) is -0.280. The van der Waals surface area contributed by atoms with Crippen molar-refractivity contribution < 1.29 is 9.90 Å². The minimum atomic E-state index is -0.526. The molecule has 1 fully saturated rings. The van der Waals surface area contributed by atoms with Crippen molar-refractivity contribution in [2.24, 2.45) is 5.73 Å². The topological polar surface area (TPSA) is 79.5 Å². The Morgan fingerprint density at radius 2 is 2.37 bits per heavy atom. The standard InChI is InChI=1S/C14H21N3O2/c1-2-13(18)11-7-6-10(9-16-11)17-8-4-3-5-12(17)14(15)19/h6-7,9,12-13,18H,2-5,8H2,1H3,(H2,15,19)/t12?,13-/m1/s1. The molecule has 1 aliphatic heterocycles. The minimum absolute atomic E-state index is 0.238. The van der Waals surface area contributed by atoms with E-state index in [1.807, 2.05) is 24.0 Å². The highest BCUT2D eigenvalue weighted by atomic mass is 16.3. The summed E-state index contributed by atoms with van der Waals surface area (Å²) in [5.41, 5.74) is 7.02. The summed E-state index contributed by atoms with van der Waals surface area (Å²) in [6, 6.07) is 3.48. The number of hydrogen-bond donors (Lipinski definition) is 2. The van der Waals surface area contributed by atoms with Crippen molar-refractivity contribution in [2.45, 2.75) is 44.8 Å².